The standard InChI is InChI=1S/C20H18Cl2N4O5S/c1-12-8-14(22)4-7-16(12)30-10-19-25-26-20(31-19)32-11-18(28)24-23-17(27)9-29-15-5-2-13(21)3-6-15/h2-8H,9-11H2,1H3,(H,23,27)(H,24,28). The Morgan fingerprint density at radius 3 is 2.47 bits per heavy atom. The molecule has 0 unspecified atom stereocenters. The zero-order chi connectivity index (χ0) is 22.9. The van der Waals surface area contributed by atoms with E-state index in [-0.39, 0.29) is 30.1 Å². The monoisotopic (exact) mass is 496 g/mol. The summed E-state index contributed by atoms with van der Waals surface area (Å²) < 4.78 is 16.3. The average molecular weight is 497 g/mol. The van der Waals surface area contributed by atoms with Crippen LogP contribution >= 0.6 is 35.0 Å². The maximum Gasteiger partial charge on any atom is 0.277 e. The SMILES string of the molecule is Cc1cc(Cl)ccc1OCc1nnc(SCC(=O)NNC(=O)COc2ccc(Cl)cc2)o1. The van der Waals surface area contributed by atoms with Gasteiger partial charge in [-0.15, -0.1) is 10.2 Å². The van der Waals surface area contributed by atoms with Gasteiger partial charge in [0.15, 0.2) is 13.2 Å². The predicted molar refractivity (Wildman–Crippen MR) is 119 cm³/mol. The number of aromatic nitrogens is 2. The van der Waals surface area contributed by atoms with Gasteiger partial charge in [-0.25, -0.2) is 0 Å². The summed E-state index contributed by atoms with van der Waals surface area (Å²) in [5, 5.41) is 9.10. The highest BCUT2D eigenvalue weighted by Crippen LogP contribution is 2.23. The van der Waals surface area contributed by atoms with Gasteiger partial charge in [0.2, 0.25) is 5.91 Å². The quantitative estimate of drug-likeness (QED) is 0.341. The summed E-state index contributed by atoms with van der Waals surface area (Å²) in [7, 11) is 0. The third kappa shape index (κ3) is 7.63. The van der Waals surface area contributed by atoms with E-state index in [1.54, 1.807) is 42.5 Å². The lowest BCUT2D eigenvalue weighted by Crippen LogP contribution is -2.44. The Kier molecular flexibility index (Phi) is 8.60. The van der Waals surface area contributed by atoms with Crippen molar-refractivity contribution >= 4 is 46.8 Å². The number of hydrogen-bond acceptors (Lipinski definition) is 8. The summed E-state index contributed by atoms with van der Waals surface area (Å²) in [6.07, 6.45) is 0. The van der Waals surface area contributed by atoms with E-state index >= 15 is 0 Å². The fourth-order valence-corrected chi connectivity index (χ4v) is 3.22. The first-order valence-electron chi connectivity index (χ1n) is 9.19. The second-order valence-electron chi connectivity index (χ2n) is 6.29. The van der Waals surface area contributed by atoms with E-state index in [2.05, 4.69) is 21.0 Å². The Bertz CT molecular complexity index is 1080. The number of amides is 2. The molecule has 1 aromatic heterocycles. The highest BCUT2D eigenvalue weighted by atomic mass is 35.5. The Morgan fingerprint density at radius 1 is 1.00 bits per heavy atom. The number of benzene rings is 2. The highest BCUT2D eigenvalue weighted by molar-refractivity contribution is 7.99. The molecule has 2 amide bonds. The van der Waals surface area contributed by atoms with Gasteiger partial charge < -0.3 is 13.9 Å². The lowest BCUT2D eigenvalue weighted by atomic mass is 10.2. The van der Waals surface area contributed by atoms with Gasteiger partial charge in [0.05, 0.1) is 5.75 Å². The maximum absolute atomic E-state index is 11.9. The van der Waals surface area contributed by atoms with Crippen molar-refractivity contribution in [3.63, 3.8) is 0 Å². The molecule has 0 atom stereocenters. The number of hydrazine groups is 1. The smallest absolute Gasteiger partial charge is 0.277 e. The number of ether oxygens (including phenoxy) is 2. The lowest BCUT2D eigenvalue weighted by Gasteiger charge is -2.08. The molecule has 1 heterocycles. The fraction of sp³-hybridized carbons (Fsp3) is 0.200. The van der Waals surface area contributed by atoms with E-state index in [1.807, 2.05) is 6.92 Å². The molecule has 9 nitrogen and oxygen atoms in total. The third-order valence-corrected chi connectivity index (χ3v) is 5.09. The Hall–Kier alpha value is -2.95. The average Bonchev–Trinajstić information content (AvgIpc) is 3.23. The van der Waals surface area contributed by atoms with Gasteiger partial charge >= 0.3 is 0 Å². The van der Waals surface area contributed by atoms with Crippen molar-refractivity contribution < 1.29 is 23.5 Å². The van der Waals surface area contributed by atoms with Gasteiger partial charge in [-0.05, 0) is 55.0 Å². The third-order valence-electron chi connectivity index (χ3n) is 3.79. The Balaban J connectivity index is 1.34. The molecule has 0 aliphatic rings. The number of aryl methyl sites for hydroxylation is 1. The molecule has 0 spiro atoms. The molecule has 168 valence electrons. The Labute approximate surface area is 197 Å². The van der Waals surface area contributed by atoms with Crippen molar-refractivity contribution in [2.45, 2.75) is 18.8 Å². The van der Waals surface area contributed by atoms with E-state index in [0.717, 1.165) is 17.3 Å². The first-order chi connectivity index (χ1) is 15.4. The summed E-state index contributed by atoms with van der Waals surface area (Å²) in [6.45, 7) is 1.68. The molecule has 0 radical (unpaired) electrons. The maximum atomic E-state index is 11.9. The first-order valence-corrected chi connectivity index (χ1v) is 10.9. The Morgan fingerprint density at radius 2 is 1.72 bits per heavy atom. The second kappa shape index (κ2) is 11.6. The van der Waals surface area contributed by atoms with Crippen molar-refractivity contribution in [3.05, 3.63) is 64.0 Å². The summed E-state index contributed by atoms with van der Waals surface area (Å²) >= 11 is 12.7. The van der Waals surface area contributed by atoms with Gasteiger partial charge in [0.1, 0.15) is 11.5 Å². The molecule has 0 aliphatic carbocycles. The number of nitrogens with one attached hydrogen (secondary N) is 2. The molecule has 2 aromatic carbocycles. The van der Waals surface area contributed by atoms with E-state index < -0.39 is 11.8 Å². The minimum absolute atomic E-state index is 0.0445. The van der Waals surface area contributed by atoms with E-state index in [9.17, 15) is 9.59 Å². The van der Waals surface area contributed by atoms with Gasteiger partial charge in [0, 0.05) is 10.0 Å². The van der Waals surface area contributed by atoms with E-state index in [4.69, 9.17) is 37.1 Å². The number of halogens is 2. The van der Waals surface area contributed by atoms with Crippen LogP contribution in [0.15, 0.2) is 52.1 Å². The zero-order valence-electron chi connectivity index (χ0n) is 16.8. The molecule has 12 heteroatoms. The van der Waals surface area contributed by atoms with Crippen molar-refractivity contribution in [3.8, 4) is 11.5 Å². The molecule has 0 fully saturated rings. The van der Waals surface area contributed by atoms with Crippen LogP contribution in [-0.4, -0.2) is 34.4 Å². The minimum atomic E-state index is -0.520. The number of thioether (sulfide) groups is 1. The molecule has 32 heavy (non-hydrogen) atoms. The first kappa shape index (κ1) is 23.7. The highest BCUT2D eigenvalue weighted by Gasteiger charge is 2.12. The van der Waals surface area contributed by atoms with Crippen molar-refractivity contribution in [1.29, 1.82) is 0 Å². The summed E-state index contributed by atoms with van der Waals surface area (Å²) in [5.41, 5.74) is 5.41. The van der Waals surface area contributed by atoms with E-state index in [1.165, 1.54) is 0 Å². The second-order valence-corrected chi connectivity index (χ2v) is 8.09. The fourth-order valence-electron chi connectivity index (χ4n) is 2.29. The minimum Gasteiger partial charge on any atom is -0.484 e. The topological polar surface area (TPSA) is 116 Å². The summed E-state index contributed by atoms with van der Waals surface area (Å²) in [5.74, 6) is 0.369. The number of hydrogen-bond donors (Lipinski definition) is 2. The predicted octanol–water partition coefficient (Wildman–Crippen LogP) is 3.58. The molecule has 2 N–H and O–H groups in total. The van der Waals surface area contributed by atoms with Crippen LogP contribution in [0, 0.1) is 6.92 Å². The van der Waals surface area contributed by atoms with Crippen molar-refractivity contribution in [2.75, 3.05) is 12.4 Å². The van der Waals surface area contributed by atoms with Gasteiger partial charge in [-0.3, -0.25) is 20.4 Å². The van der Waals surface area contributed by atoms with E-state index in [0.29, 0.717) is 21.5 Å². The molecule has 3 aromatic rings. The number of carbonyl (C=O) groups is 2. The molecular formula is C20H18Cl2N4O5S. The summed E-state index contributed by atoms with van der Waals surface area (Å²) in [4.78, 5) is 23.6. The van der Waals surface area contributed by atoms with Crippen LogP contribution in [0.2, 0.25) is 10.0 Å². The van der Waals surface area contributed by atoms with Gasteiger partial charge in [0.25, 0.3) is 17.0 Å². The van der Waals surface area contributed by atoms with Crippen molar-refractivity contribution in [2.24, 2.45) is 0 Å². The molecule has 0 bridgehead atoms. The molecule has 0 aliphatic heterocycles. The van der Waals surface area contributed by atoms with Crippen LogP contribution in [0.1, 0.15) is 11.5 Å². The number of carbonyl (C=O) groups excluding carboxylic acids is 2. The normalized spacial score (nSPS) is 10.5. The van der Waals surface area contributed by atoms with Crippen LogP contribution in [0.5, 0.6) is 11.5 Å². The largest absolute Gasteiger partial charge is 0.484 e. The summed E-state index contributed by atoms with van der Waals surface area (Å²) in [6, 6.07) is 11.8. The van der Waals surface area contributed by atoms with Crippen LogP contribution in [-0.2, 0) is 16.2 Å². The van der Waals surface area contributed by atoms with Crippen LogP contribution in [0.4, 0.5) is 0 Å². The number of nitrogens with zero attached hydrogens (tertiary/aromatic N) is 2. The van der Waals surface area contributed by atoms with Crippen LogP contribution < -0.4 is 20.3 Å². The number of rotatable bonds is 9. The van der Waals surface area contributed by atoms with Crippen LogP contribution in [0.25, 0.3) is 0 Å². The molecule has 0 saturated carbocycles. The molecule has 0 saturated heterocycles. The van der Waals surface area contributed by atoms with Crippen molar-refractivity contribution in [1.82, 2.24) is 21.0 Å². The van der Waals surface area contributed by atoms with Gasteiger partial charge in [-0.2, -0.15) is 0 Å². The zero-order valence-corrected chi connectivity index (χ0v) is 19.1. The lowest BCUT2D eigenvalue weighted by molar-refractivity contribution is -0.128. The molecular weight excluding hydrogens is 479 g/mol. The molecule has 3 rings (SSSR count). The van der Waals surface area contributed by atoms with Crippen LogP contribution in [0.3, 0.4) is 0 Å². The van der Waals surface area contributed by atoms with Gasteiger partial charge in [-0.1, -0.05) is 35.0 Å².